The van der Waals surface area contributed by atoms with Gasteiger partial charge in [0.05, 0.1) is 6.33 Å². The molecule has 8 heteroatoms. The second-order valence-electron chi connectivity index (χ2n) is 4.28. The molecule has 2 heterocycles. The second kappa shape index (κ2) is 5.31. The van der Waals surface area contributed by atoms with Crippen molar-refractivity contribution in [1.82, 2.24) is 19.5 Å². The summed E-state index contributed by atoms with van der Waals surface area (Å²) in [5.41, 5.74) is 2.01. The van der Waals surface area contributed by atoms with Crippen LogP contribution in [0.25, 0.3) is 11.2 Å². The number of hydrogen-bond acceptors (Lipinski definition) is 5. The predicted molar refractivity (Wildman–Crippen MR) is 72.7 cm³/mol. The van der Waals surface area contributed by atoms with Gasteiger partial charge in [0.25, 0.3) is 0 Å². The Morgan fingerprint density at radius 2 is 1.90 bits per heavy atom. The fraction of sp³-hybridized carbons (Fsp3) is 0.154. The molecule has 0 aliphatic rings. The topological polar surface area (TPSA) is 64.9 Å². The van der Waals surface area contributed by atoms with Gasteiger partial charge in [-0.3, -0.25) is 0 Å². The van der Waals surface area contributed by atoms with Crippen molar-refractivity contribution in [3.8, 4) is 5.75 Å². The molecule has 0 aliphatic carbocycles. The van der Waals surface area contributed by atoms with Gasteiger partial charge in [-0.2, -0.15) is 8.78 Å². The van der Waals surface area contributed by atoms with Gasteiger partial charge in [0.2, 0.25) is 0 Å². The first kappa shape index (κ1) is 13.2. The van der Waals surface area contributed by atoms with E-state index in [2.05, 4.69) is 25.0 Å². The molecule has 2 aromatic heterocycles. The maximum atomic E-state index is 12.1. The van der Waals surface area contributed by atoms with Crippen LogP contribution >= 0.6 is 0 Å². The summed E-state index contributed by atoms with van der Waals surface area (Å²) >= 11 is 0. The maximum absolute atomic E-state index is 12.1. The number of nitrogens with zero attached hydrogens (tertiary/aromatic N) is 4. The zero-order valence-electron chi connectivity index (χ0n) is 11.0. The van der Waals surface area contributed by atoms with Crippen molar-refractivity contribution >= 4 is 22.7 Å². The van der Waals surface area contributed by atoms with Crippen molar-refractivity contribution in [3.63, 3.8) is 0 Å². The van der Waals surface area contributed by atoms with Gasteiger partial charge in [-0.05, 0) is 24.3 Å². The molecule has 3 rings (SSSR count). The van der Waals surface area contributed by atoms with Crippen LogP contribution in [-0.2, 0) is 7.05 Å². The van der Waals surface area contributed by atoms with Crippen LogP contribution in [0.1, 0.15) is 0 Å². The van der Waals surface area contributed by atoms with Crippen molar-refractivity contribution in [1.29, 1.82) is 0 Å². The van der Waals surface area contributed by atoms with E-state index in [-0.39, 0.29) is 5.75 Å². The van der Waals surface area contributed by atoms with Crippen LogP contribution in [0.2, 0.25) is 0 Å². The number of hydrogen-bond donors (Lipinski definition) is 1. The Labute approximate surface area is 118 Å². The van der Waals surface area contributed by atoms with E-state index in [1.54, 1.807) is 23.0 Å². The Hall–Kier alpha value is -2.77. The van der Waals surface area contributed by atoms with Crippen LogP contribution < -0.4 is 10.1 Å². The molecular weight excluding hydrogens is 280 g/mol. The SMILES string of the molecule is Cn1cnc2c(Nc3ccc(OC(F)F)cc3)ncnc21. The number of alkyl halides is 2. The molecule has 0 saturated carbocycles. The van der Waals surface area contributed by atoms with Gasteiger partial charge in [-0.25, -0.2) is 15.0 Å². The monoisotopic (exact) mass is 291 g/mol. The molecule has 3 aromatic rings. The summed E-state index contributed by atoms with van der Waals surface area (Å²) in [6, 6.07) is 6.14. The van der Waals surface area contributed by atoms with Gasteiger partial charge in [0, 0.05) is 12.7 Å². The highest BCUT2D eigenvalue weighted by atomic mass is 19.3. The zero-order chi connectivity index (χ0) is 14.8. The van der Waals surface area contributed by atoms with Crippen molar-refractivity contribution in [2.45, 2.75) is 6.61 Å². The Morgan fingerprint density at radius 1 is 1.14 bits per heavy atom. The molecule has 108 valence electrons. The van der Waals surface area contributed by atoms with Gasteiger partial charge >= 0.3 is 6.61 Å². The Bertz CT molecular complexity index is 757. The Balaban J connectivity index is 1.85. The number of halogens is 2. The Morgan fingerprint density at radius 3 is 2.62 bits per heavy atom. The van der Waals surface area contributed by atoms with Crippen LogP contribution in [0.15, 0.2) is 36.9 Å². The van der Waals surface area contributed by atoms with Gasteiger partial charge in [-0.15, -0.1) is 0 Å². The first-order valence-corrected chi connectivity index (χ1v) is 6.07. The van der Waals surface area contributed by atoms with Crippen molar-refractivity contribution in [3.05, 3.63) is 36.9 Å². The average molecular weight is 291 g/mol. The molecule has 1 aromatic carbocycles. The third-order valence-corrected chi connectivity index (χ3v) is 2.84. The van der Waals surface area contributed by atoms with E-state index < -0.39 is 6.61 Å². The maximum Gasteiger partial charge on any atom is 0.387 e. The molecule has 0 bridgehead atoms. The lowest BCUT2D eigenvalue weighted by molar-refractivity contribution is -0.0498. The highest BCUT2D eigenvalue weighted by molar-refractivity contribution is 5.84. The largest absolute Gasteiger partial charge is 0.435 e. The number of aryl methyl sites for hydroxylation is 1. The summed E-state index contributed by atoms with van der Waals surface area (Å²) in [4.78, 5) is 12.5. The summed E-state index contributed by atoms with van der Waals surface area (Å²) in [6.45, 7) is -2.83. The van der Waals surface area contributed by atoms with E-state index in [0.29, 0.717) is 22.7 Å². The standard InChI is InChI=1S/C13H11F2N5O/c1-20-7-18-10-11(16-6-17-12(10)20)19-8-2-4-9(5-3-8)21-13(14)15/h2-7,13H,1H3,(H,16,17,19). The second-order valence-corrected chi connectivity index (χ2v) is 4.28. The molecule has 0 radical (unpaired) electrons. The number of fused-ring (bicyclic) bond motifs is 1. The zero-order valence-corrected chi connectivity index (χ0v) is 11.0. The molecule has 1 N–H and O–H groups in total. The van der Waals surface area contributed by atoms with Crippen molar-refractivity contribution in [2.75, 3.05) is 5.32 Å². The van der Waals surface area contributed by atoms with Gasteiger partial charge in [0.15, 0.2) is 17.0 Å². The van der Waals surface area contributed by atoms with Gasteiger partial charge < -0.3 is 14.6 Å². The lowest BCUT2D eigenvalue weighted by Gasteiger charge is -2.08. The molecule has 0 saturated heterocycles. The normalized spacial score (nSPS) is 11.0. The summed E-state index contributed by atoms with van der Waals surface area (Å²) in [5, 5.41) is 3.07. The lowest BCUT2D eigenvalue weighted by Crippen LogP contribution is -2.02. The van der Waals surface area contributed by atoms with E-state index in [1.165, 1.54) is 18.5 Å². The number of aromatic nitrogens is 4. The first-order valence-electron chi connectivity index (χ1n) is 6.07. The molecule has 0 aliphatic heterocycles. The van der Waals surface area contributed by atoms with Crippen molar-refractivity contribution < 1.29 is 13.5 Å². The Kier molecular flexibility index (Phi) is 3.35. The lowest BCUT2D eigenvalue weighted by atomic mass is 10.3. The van der Waals surface area contributed by atoms with E-state index >= 15 is 0 Å². The molecule has 21 heavy (non-hydrogen) atoms. The number of anilines is 2. The van der Waals surface area contributed by atoms with E-state index in [4.69, 9.17) is 0 Å². The number of imidazole rings is 1. The summed E-state index contributed by atoms with van der Waals surface area (Å²) in [5.74, 6) is 0.643. The van der Waals surface area contributed by atoms with Crippen LogP contribution in [-0.4, -0.2) is 26.1 Å². The van der Waals surface area contributed by atoms with E-state index in [1.807, 2.05) is 7.05 Å². The van der Waals surface area contributed by atoms with Crippen LogP contribution in [0, 0.1) is 0 Å². The summed E-state index contributed by atoms with van der Waals surface area (Å²) in [6.07, 6.45) is 3.07. The molecule has 0 unspecified atom stereocenters. The fourth-order valence-electron chi connectivity index (χ4n) is 1.89. The van der Waals surface area contributed by atoms with E-state index in [0.717, 1.165) is 0 Å². The smallest absolute Gasteiger partial charge is 0.387 e. The van der Waals surface area contributed by atoms with Crippen molar-refractivity contribution in [2.24, 2.45) is 7.05 Å². The summed E-state index contributed by atoms with van der Waals surface area (Å²) in [7, 11) is 1.84. The number of benzene rings is 1. The molecule has 0 amide bonds. The minimum atomic E-state index is -2.83. The minimum Gasteiger partial charge on any atom is -0.435 e. The van der Waals surface area contributed by atoms with E-state index in [9.17, 15) is 8.78 Å². The molecule has 0 atom stereocenters. The van der Waals surface area contributed by atoms with Gasteiger partial charge in [-0.1, -0.05) is 0 Å². The van der Waals surface area contributed by atoms with Crippen LogP contribution in [0.5, 0.6) is 5.75 Å². The third kappa shape index (κ3) is 2.73. The minimum absolute atomic E-state index is 0.0984. The predicted octanol–water partition coefficient (Wildman–Crippen LogP) is 2.71. The van der Waals surface area contributed by atoms with Crippen LogP contribution in [0.3, 0.4) is 0 Å². The highest BCUT2D eigenvalue weighted by Gasteiger charge is 2.09. The summed E-state index contributed by atoms with van der Waals surface area (Å²) < 4.78 is 30.2. The quantitative estimate of drug-likeness (QED) is 0.800. The first-order chi connectivity index (χ1) is 10.1. The number of nitrogens with one attached hydrogen (secondary N) is 1. The third-order valence-electron chi connectivity index (χ3n) is 2.84. The van der Waals surface area contributed by atoms with Gasteiger partial charge in [0.1, 0.15) is 12.1 Å². The fourth-order valence-corrected chi connectivity index (χ4v) is 1.89. The highest BCUT2D eigenvalue weighted by Crippen LogP contribution is 2.23. The van der Waals surface area contributed by atoms with Crippen LogP contribution in [0.4, 0.5) is 20.3 Å². The molecule has 0 spiro atoms. The average Bonchev–Trinajstić information content (AvgIpc) is 2.83. The number of rotatable bonds is 4. The number of ether oxygens (including phenoxy) is 1. The molecular formula is C13H11F2N5O. The molecule has 0 fully saturated rings. The molecule has 6 nitrogen and oxygen atoms in total.